The molecule has 0 saturated heterocycles. The molecule has 0 aliphatic rings. The van der Waals surface area contributed by atoms with E-state index in [0.717, 1.165) is 6.20 Å². The molecule has 19 heavy (non-hydrogen) atoms. The van der Waals surface area contributed by atoms with Gasteiger partial charge in [0.1, 0.15) is 5.52 Å². The van der Waals surface area contributed by atoms with Crippen molar-refractivity contribution in [2.75, 3.05) is 7.11 Å². The smallest absolute Gasteiger partial charge is 0.339 e. The van der Waals surface area contributed by atoms with Crippen molar-refractivity contribution in [2.24, 2.45) is 5.11 Å². The topological polar surface area (TPSA) is 88.0 Å². The Balaban J connectivity index is 2.91. The highest BCUT2D eigenvalue weighted by Crippen LogP contribution is 2.33. The van der Waals surface area contributed by atoms with Crippen molar-refractivity contribution in [3.05, 3.63) is 44.6 Å². The molecule has 96 valence electrons. The summed E-state index contributed by atoms with van der Waals surface area (Å²) in [4.78, 5) is 18.1. The summed E-state index contributed by atoms with van der Waals surface area (Å²) in [5, 5.41) is 3.67. The molecule has 0 atom stereocenters. The summed E-state index contributed by atoms with van der Waals surface area (Å²) in [5.41, 5.74) is 8.55. The molecule has 0 amide bonds. The normalized spacial score (nSPS) is 10.1. The summed E-state index contributed by atoms with van der Waals surface area (Å²) < 4.78 is 18.7. The number of hydrogen-bond donors (Lipinski definition) is 0. The molecule has 6 nitrogen and oxygen atoms in total. The van der Waals surface area contributed by atoms with Crippen LogP contribution in [0.2, 0.25) is 0 Å². The van der Waals surface area contributed by atoms with Crippen LogP contribution in [-0.4, -0.2) is 18.1 Å². The van der Waals surface area contributed by atoms with Crippen LogP contribution in [0.4, 0.5) is 10.1 Å². The number of azide groups is 1. The van der Waals surface area contributed by atoms with E-state index in [2.05, 4.69) is 35.7 Å². The van der Waals surface area contributed by atoms with E-state index in [0.29, 0.717) is 4.47 Å². The van der Waals surface area contributed by atoms with Crippen molar-refractivity contribution in [3.8, 4) is 0 Å². The first kappa shape index (κ1) is 13.3. The summed E-state index contributed by atoms with van der Waals surface area (Å²) in [5.74, 6) is -1.30. The maximum Gasteiger partial charge on any atom is 0.339 e. The third-order valence-electron chi connectivity index (χ3n) is 2.41. The fourth-order valence-electron chi connectivity index (χ4n) is 1.62. The minimum absolute atomic E-state index is 0.0123. The number of pyridine rings is 1. The molecule has 0 N–H and O–H groups in total. The molecule has 8 heteroatoms. The van der Waals surface area contributed by atoms with E-state index in [1.807, 2.05) is 0 Å². The van der Waals surface area contributed by atoms with E-state index in [-0.39, 0.29) is 22.2 Å². The lowest BCUT2D eigenvalue weighted by molar-refractivity contribution is 0.0601. The van der Waals surface area contributed by atoms with Crippen LogP contribution in [0.3, 0.4) is 0 Å². The fourth-order valence-corrected chi connectivity index (χ4v) is 2.05. The predicted molar refractivity (Wildman–Crippen MR) is 69.5 cm³/mol. The van der Waals surface area contributed by atoms with Crippen LogP contribution < -0.4 is 0 Å². The highest BCUT2D eigenvalue weighted by atomic mass is 79.9. The van der Waals surface area contributed by atoms with Crippen molar-refractivity contribution in [1.82, 2.24) is 4.98 Å². The Bertz CT molecular complexity index is 728. The van der Waals surface area contributed by atoms with Crippen LogP contribution in [-0.2, 0) is 4.74 Å². The number of halogens is 2. The summed E-state index contributed by atoms with van der Waals surface area (Å²) in [6.07, 6.45) is 1.12. The molecule has 1 aromatic heterocycles. The number of methoxy groups -OCH3 is 1. The zero-order valence-electron chi connectivity index (χ0n) is 9.59. The highest BCUT2D eigenvalue weighted by molar-refractivity contribution is 9.10. The molecule has 0 bridgehead atoms. The fraction of sp³-hybridized carbons (Fsp3) is 0.0909. The highest BCUT2D eigenvalue weighted by Gasteiger charge is 2.17. The number of carbonyl (C=O) groups is 1. The number of carbonyl (C=O) groups excluding carboxylic acids is 1. The molecule has 1 aromatic carbocycles. The van der Waals surface area contributed by atoms with Gasteiger partial charge in [-0.15, -0.1) is 0 Å². The number of rotatable bonds is 2. The lowest BCUT2D eigenvalue weighted by atomic mass is 10.1. The average Bonchev–Trinajstić information content (AvgIpc) is 2.38. The quantitative estimate of drug-likeness (QED) is 0.363. The summed E-state index contributed by atoms with van der Waals surface area (Å²) in [6, 6.07) is 2.74. The van der Waals surface area contributed by atoms with Crippen LogP contribution in [0.5, 0.6) is 0 Å². The summed E-state index contributed by atoms with van der Waals surface area (Å²) in [7, 11) is 1.19. The molecule has 0 spiro atoms. The molecule has 2 rings (SSSR count). The molecule has 0 aliphatic carbocycles. The number of benzene rings is 1. The second kappa shape index (κ2) is 5.21. The zero-order chi connectivity index (χ0) is 14.0. The van der Waals surface area contributed by atoms with E-state index >= 15 is 0 Å². The number of fused-ring (bicyclic) bond motifs is 1. The molecule has 2 aromatic rings. The van der Waals surface area contributed by atoms with Crippen molar-refractivity contribution in [2.45, 2.75) is 0 Å². The van der Waals surface area contributed by atoms with Gasteiger partial charge in [-0.25, -0.2) is 9.18 Å². The van der Waals surface area contributed by atoms with Gasteiger partial charge in [0.15, 0.2) is 5.82 Å². The summed E-state index contributed by atoms with van der Waals surface area (Å²) in [6.45, 7) is 0. The van der Waals surface area contributed by atoms with Crippen LogP contribution in [0.1, 0.15) is 10.4 Å². The molecule has 0 fully saturated rings. The SMILES string of the molecule is COC(=O)c1cnc2c(F)cc(Br)cc2c1N=[N+]=[N-]. The van der Waals surface area contributed by atoms with Gasteiger partial charge >= 0.3 is 5.97 Å². The van der Waals surface area contributed by atoms with E-state index < -0.39 is 11.8 Å². The molecule has 0 aliphatic heterocycles. The van der Waals surface area contributed by atoms with Gasteiger partial charge in [0.25, 0.3) is 0 Å². The third-order valence-corrected chi connectivity index (χ3v) is 2.87. The average molecular weight is 325 g/mol. The Labute approximate surface area is 115 Å². The van der Waals surface area contributed by atoms with Gasteiger partial charge in [0.2, 0.25) is 0 Å². The van der Waals surface area contributed by atoms with E-state index in [1.165, 1.54) is 19.2 Å². The Kier molecular flexibility index (Phi) is 3.64. The predicted octanol–water partition coefficient (Wildman–Crippen LogP) is 3.86. The Hall–Kier alpha value is -2.18. The van der Waals surface area contributed by atoms with Gasteiger partial charge in [0.05, 0.1) is 18.4 Å². The maximum absolute atomic E-state index is 13.7. The maximum atomic E-state index is 13.7. The van der Waals surface area contributed by atoms with Gasteiger partial charge < -0.3 is 4.74 Å². The van der Waals surface area contributed by atoms with E-state index in [1.54, 1.807) is 0 Å². The van der Waals surface area contributed by atoms with Gasteiger partial charge in [-0.1, -0.05) is 21.0 Å². The van der Waals surface area contributed by atoms with Crippen LogP contribution >= 0.6 is 15.9 Å². The van der Waals surface area contributed by atoms with Gasteiger partial charge in [-0.05, 0) is 17.7 Å². The first-order chi connectivity index (χ1) is 9.08. The van der Waals surface area contributed by atoms with Gasteiger partial charge in [-0.3, -0.25) is 4.98 Å². The van der Waals surface area contributed by atoms with Crippen molar-refractivity contribution in [1.29, 1.82) is 0 Å². The van der Waals surface area contributed by atoms with Crippen LogP contribution in [0, 0.1) is 5.82 Å². The van der Waals surface area contributed by atoms with E-state index in [4.69, 9.17) is 5.53 Å². The molecule has 0 unspecified atom stereocenters. The summed E-state index contributed by atoms with van der Waals surface area (Å²) >= 11 is 3.13. The Morgan fingerprint density at radius 1 is 1.58 bits per heavy atom. The lowest BCUT2D eigenvalue weighted by Gasteiger charge is -2.07. The van der Waals surface area contributed by atoms with Crippen LogP contribution in [0.25, 0.3) is 21.3 Å². The Morgan fingerprint density at radius 2 is 2.32 bits per heavy atom. The van der Waals surface area contributed by atoms with Crippen molar-refractivity contribution < 1.29 is 13.9 Å². The number of hydrogen-bond acceptors (Lipinski definition) is 4. The number of nitrogens with zero attached hydrogens (tertiary/aromatic N) is 4. The molecular weight excluding hydrogens is 319 g/mol. The van der Waals surface area contributed by atoms with Gasteiger partial charge in [-0.2, -0.15) is 0 Å². The molecule has 0 saturated carbocycles. The minimum atomic E-state index is -0.711. The minimum Gasteiger partial charge on any atom is -0.465 e. The zero-order valence-corrected chi connectivity index (χ0v) is 11.2. The monoisotopic (exact) mass is 324 g/mol. The third kappa shape index (κ3) is 2.35. The van der Waals surface area contributed by atoms with Crippen molar-refractivity contribution in [3.63, 3.8) is 0 Å². The number of ether oxygens (including phenoxy) is 1. The molecule has 1 heterocycles. The van der Waals surface area contributed by atoms with E-state index in [9.17, 15) is 9.18 Å². The second-order valence-corrected chi connectivity index (χ2v) is 4.40. The number of aromatic nitrogens is 1. The lowest BCUT2D eigenvalue weighted by Crippen LogP contribution is -2.03. The molecular formula is C11H6BrFN4O2. The number of esters is 1. The van der Waals surface area contributed by atoms with Gasteiger partial charge in [0, 0.05) is 21.0 Å². The largest absolute Gasteiger partial charge is 0.465 e. The van der Waals surface area contributed by atoms with Crippen LogP contribution in [0.15, 0.2) is 27.9 Å². The molecule has 0 radical (unpaired) electrons. The Morgan fingerprint density at radius 3 is 2.95 bits per heavy atom. The second-order valence-electron chi connectivity index (χ2n) is 3.49. The first-order valence-corrected chi connectivity index (χ1v) is 5.79. The first-order valence-electron chi connectivity index (χ1n) is 4.99. The van der Waals surface area contributed by atoms with Crippen molar-refractivity contribution >= 4 is 38.5 Å². The standard InChI is InChI=1S/C11H6BrFN4O2/c1-19-11(18)7-4-15-10-6(9(7)16-17-14)2-5(12)3-8(10)13/h2-4H,1H3.